The van der Waals surface area contributed by atoms with E-state index in [2.05, 4.69) is 5.32 Å². The third-order valence-electron chi connectivity index (χ3n) is 5.03. The van der Waals surface area contributed by atoms with Crippen LogP contribution in [0.15, 0.2) is 24.3 Å². The molecule has 1 aromatic carbocycles. The molecule has 0 saturated carbocycles. The summed E-state index contributed by atoms with van der Waals surface area (Å²) in [7, 11) is 0. The zero-order chi connectivity index (χ0) is 20.7. The van der Waals surface area contributed by atoms with E-state index in [4.69, 9.17) is 5.73 Å². The number of benzene rings is 1. The van der Waals surface area contributed by atoms with E-state index in [1.165, 1.54) is 6.07 Å². The number of alkyl halides is 3. The molecule has 2 amide bonds. The summed E-state index contributed by atoms with van der Waals surface area (Å²) in [6.07, 6.45) is -1.26. The molecule has 156 valence electrons. The average molecular weight is 399 g/mol. The van der Waals surface area contributed by atoms with Crippen molar-refractivity contribution in [1.82, 2.24) is 10.2 Å². The van der Waals surface area contributed by atoms with Crippen LogP contribution in [-0.4, -0.2) is 42.4 Å². The quantitative estimate of drug-likeness (QED) is 0.740. The van der Waals surface area contributed by atoms with Gasteiger partial charge in [-0.05, 0) is 37.3 Å². The number of hydrogen-bond donors (Lipinski definition) is 2. The summed E-state index contributed by atoms with van der Waals surface area (Å²) in [6, 6.07) is 5.02. The normalized spacial score (nSPS) is 18.6. The number of amides is 2. The minimum Gasteiger partial charge on any atom is -0.354 e. The van der Waals surface area contributed by atoms with E-state index in [0.717, 1.165) is 31.4 Å². The first-order valence-corrected chi connectivity index (χ1v) is 9.65. The Balaban J connectivity index is 2.00. The minimum absolute atomic E-state index is 0.0878. The van der Waals surface area contributed by atoms with Gasteiger partial charge in [0.25, 0.3) is 0 Å². The lowest BCUT2D eigenvalue weighted by Gasteiger charge is -2.37. The highest BCUT2D eigenvalue weighted by atomic mass is 19.4. The lowest BCUT2D eigenvalue weighted by atomic mass is 9.95. The standard InChI is InChI=1S/C20H28F3N3O2/c1-14(11-15-5-4-6-16(12-15)20(21,22)23)19(28)26-10-3-2-7-17(26)13-25-18(27)8-9-24/h4-6,12,14,17H,2-3,7-11,13,24H2,1H3,(H,25,27). The van der Waals surface area contributed by atoms with Crippen LogP contribution in [-0.2, 0) is 22.2 Å². The second-order valence-corrected chi connectivity index (χ2v) is 7.33. The Morgan fingerprint density at radius 1 is 1.32 bits per heavy atom. The first-order chi connectivity index (χ1) is 13.2. The van der Waals surface area contributed by atoms with Gasteiger partial charge in [-0.15, -0.1) is 0 Å². The summed E-state index contributed by atoms with van der Waals surface area (Å²) in [6.45, 7) is 2.98. The Labute approximate surface area is 163 Å². The van der Waals surface area contributed by atoms with Crippen molar-refractivity contribution in [2.24, 2.45) is 11.7 Å². The molecule has 0 aliphatic carbocycles. The van der Waals surface area contributed by atoms with Crippen LogP contribution in [0.5, 0.6) is 0 Å². The summed E-state index contributed by atoms with van der Waals surface area (Å²) >= 11 is 0. The van der Waals surface area contributed by atoms with Gasteiger partial charge in [-0.3, -0.25) is 9.59 Å². The summed E-state index contributed by atoms with van der Waals surface area (Å²) in [5.74, 6) is -0.670. The fourth-order valence-electron chi connectivity index (χ4n) is 3.55. The molecule has 2 unspecified atom stereocenters. The van der Waals surface area contributed by atoms with E-state index < -0.39 is 17.7 Å². The number of halogens is 3. The largest absolute Gasteiger partial charge is 0.416 e. The molecule has 1 aliphatic rings. The molecule has 2 rings (SSSR count). The monoisotopic (exact) mass is 399 g/mol. The topological polar surface area (TPSA) is 75.4 Å². The zero-order valence-electron chi connectivity index (χ0n) is 16.1. The summed E-state index contributed by atoms with van der Waals surface area (Å²) in [5.41, 5.74) is 5.15. The highest BCUT2D eigenvalue weighted by Gasteiger charge is 2.32. The van der Waals surface area contributed by atoms with Crippen LogP contribution in [0.1, 0.15) is 43.7 Å². The molecule has 1 fully saturated rings. The highest BCUT2D eigenvalue weighted by molar-refractivity contribution is 5.79. The molecule has 1 saturated heterocycles. The van der Waals surface area contributed by atoms with Gasteiger partial charge in [-0.2, -0.15) is 13.2 Å². The summed E-state index contributed by atoms with van der Waals surface area (Å²) < 4.78 is 38.7. The number of rotatable bonds is 7. The number of nitrogens with one attached hydrogen (secondary N) is 1. The van der Waals surface area contributed by atoms with E-state index in [1.54, 1.807) is 17.9 Å². The van der Waals surface area contributed by atoms with E-state index in [-0.39, 0.29) is 37.2 Å². The molecular formula is C20H28F3N3O2. The fraction of sp³-hybridized carbons (Fsp3) is 0.600. The smallest absolute Gasteiger partial charge is 0.354 e. The number of carbonyl (C=O) groups is 2. The van der Waals surface area contributed by atoms with E-state index in [1.807, 2.05) is 0 Å². The van der Waals surface area contributed by atoms with Crippen LogP contribution in [0.2, 0.25) is 0 Å². The number of piperidine rings is 1. The van der Waals surface area contributed by atoms with Crippen LogP contribution in [0.3, 0.4) is 0 Å². The minimum atomic E-state index is -4.40. The molecule has 3 N–H and O–H groups in total. The van der Waals surface area contributed by atoms with Gasteiger partial charge >= 0.3 is 6.18 Å². The van der Waals surface area contributed by atoms with Crippen molar-refractivity contribution in [3.63, 3.8) is 0 Å². The number of likely N-dealkylation sites (tertiary alicyclic amines) is 1. The lowest BCUT2D eigenvalue weighted by molar-refractivity contribution is -0.139. The van der Waals surface area contributed by atoms with E-state index >= 15 is 0 Å². The molecule has 1 aliphatic heterocycles. The van der Waals surface area contributed by atoms with Crippen molar-refractivity contribution in [3.05, 3.63) is 35.4 Å². The van der Waals surface area contributed by atoms with Crippen molar-refractivity contribution in [2.75, 3.05) is 19.6 Å². The number of carbonyl (C=O) groups excluding carboxylic acids is 2. The first-order valence-electron chi connectivity index (χ1n) is 9.65. The molecule has 2 atom stereocenters. The summed E-state index contributed by atoms with van der Waals surface area (Å²) in [5, 5.41) is 2.81. The van der Waals surface area contributed by atoms with Gasteiger partial charge in [-0.25, -0.2) is 0 Å². The van der Waals surface area contributed by atoms with Crippen molar-refractivity contribution < 1.29 is 22.8 Å². The lowest BCUT2D eigenvalue weighted by Crippen LogP contribution is -2.51. The predicted molar refractivity (Wildman–Crippen MR) is 100 cm³/mol. The highest BCUT2D eigenvalue weighted by Crippen LogP contribution is 2.30. The van der Waals surface area contributed by atoms with E-state index in [0.29, 0.717) is 18.7 Å². The van der Waals surface area contributed by atoms with Crippen LogP contribution >= 0.6 is 0 Å². The number of nitrogens with two attached hydrogens (primary N) is 1. The molecule has 0 bridgehead atoms. The fourth-order valence-corrected chi connectivity index (χ4v) is 3.55. The number of nitrogens with zero attached hydrogens (tertiary/aromatic N) is 1. The van der Waals surface area contributed by atoms with Crippen LogP contribution < -0.4 is 11.1 Å². The Morgan fingerprint density at radius 3 is 2.75 bits per heavy atom. The third-order valence-corrected chi connectivity index (χ3v) is 5.03. The zero-order valence-corrected chi connectivity index (χ0v) is 16.1. The van der Waals surface area contributed by atoms with Crippen LogP contribution in [0.25, 0.3) is 0 Å². The van der Waals surface area contributed by atoms with Gasteiger partial charge in [0.15, 0.2) is 0 Å². The first kappa shape index (κ1) is 22.2. The van der Waals surface area contributed by atoms with Crippen molar-refractivity contribution in [1.29, 1.82) is 0 Å². The van der Waals surface area contributed by atoms with Crippen molar-refractivity contribution >= 4 is 11.8 Å². The second-order valence-electron chi connectivity index (χ2n) is 7.33. The predicted octanol–water partition coefficient (Wildman–Crippen LogP) is 2.73. The Hall–Kier alpha value is -2.09. The maximum absolute atomic E-state index is 12.9. The second kappa shape index (κ2) is 9.91. The van der Waals surface area contributed by atoms with Gasteiger partial charge in [0.05, 0.1) is 5.56 Å². The van der Waals surface area contributed by atoms with Gasteiger partial charge < -0.3 is 16.0 Å². The molecule has 0 radical (unpaired) electrons. The maximum atomic E-state index is 12.9. The van der Waals surface area contributed by atoms with Crippen molar-refractivity contribution in [3.8, 4) is 0 Å². The van der Waals surface area contributed by atoms with Gasteiger partial charge in [-0.1, -0.05) is 25.1 Å². The van der Waals surface area contributed by atoms with Gasteiger partial charge in [0.1, 0.15) is 0 Å². The Morgan fingerprint density at radius 2 is 2.07 bits per heavy atom. The molecular weight excluding hydrogens is 371 g/mol. The van der Waals surface area contributed by atoms with Crippen LogP contribution in [0, 0.1) is 5.92 Å². The van der Waals surface area contributed by atoms with Gasteiger partial charge in [0.2, 0.25) is 11.8 Å². The maximum Gasteiger partial charge on any atom is 0.416 e. The molecule has 1 aromatic rings. The van der Waals surface area contributed by atoms with Gasteiger partial charge in [0, 0.05) is 38.0 Å². The number of hydrogen-bond acceptors (Lipinski definition) is 3. The molecule has 1 heterocycles. The van der Waals surface area contributed by atoms with E-state index in [9.17, 15) is 22.8 Å². The van der Waals surface area contributed by atoms with Crippen LogP contribution in [0.4, 0.5) is 13.2 Å². The molecule has 28 heavy (non-hydrogen) atoms. The Kier molecular flexibility index (Phi) is 7.86. The molecule has 0 spiro atoms. The van der Waals surface area contributed by atoms with Crippen molar-refractivity contribution in [2.45, 2.75) is 51.2 Å². The summed E-state index contributed by atoms with van der Waals surface area (Å²) in [4.78, 5) is 26.4. The SMILES string of the molecule is CC(Cc1cccc(C(F)(F)F)c1)C(=O)N1CCCCC1CNC(=O)CCN. The molecule has 0 aromatic heterocycles. The average Bonchev–Trinajstić information content (AvgIpc) is 2.66. The molecule has 5 nitrogen and oxygen atoms in total. The molecule has 8 heteroatoms. The Bertz CT molecular complexity index is 679. The third kappa shape index (κ3) is 6.22.